The van der Waals surface area contributed by atoms with Crippen LogP contribution in [-0.4, -0.2) is 7.05 Å². The fraction of sp³-hybridized carbons (Fsp3) is 0.200. The molecule has 18 heavy (non-hydrogen) atoms. The molecule has 0 unspecified atom stereocenters. The van der Waals surface area contributed by atoms with Gasteiger partial charge in [0.25, 0.3) is 0 Å². The Balaban J connectivity index is 2.18. The molecule has 0 radical (unpaired) electrons. The molecule has 2 aromatic carbocycles. The van der Waals surface area contributed by atoms with Gasteiger partial charge in [-0.15, -0.1) is 0 Å². The fourth-order valence-electron chi connectivity index (χ4n) is 1.91. The molecule has 0 spiro atoms. The van der Waals surface area contributed by atoms with Crippen molar-refractivity contribution < 1.29 is 4.39 Å². The second-order valence-electron chi connectivity index (χ2n) is 4.53. The lowest BCUT2D eigenvalue weighted by atomic mass is 10.1. The van der Waals surface area contributed by atoms with Gasteiger partial charge in [-0.25, -0.2) is 4.39 Å². The summed E-state index contributed by atoms with van der Waals surface area (Å²) in [6.45, 7) is 2.75. The van der Waals surface area contributed by atoms with Crippen LogP contribution in [0, 0.1) is 12.7 Å². The van der Waals surface area contributed by atoms with Gasteiger partial charge in [-0.2, -0.15) is 0 Å². The summed E-state index contributed by atoms with van der Waals surface area (Å²) in [5.41, 5.74) is 9.98. The molecular formula is C15H17FN2. The molecule has 0 saturated carbocycles. The topological polar surface area (TPSA) is 29.3 Å². The highest BCUT2D eigenvalue weighted by Gasteiger charge is 2.05. The standard InChI is InChI=1S/C15H17FN2/c1-11-3-8-15(17)12(9-11)10-18(2)14-6-4-13(16)5-7-14/h3-9H,10,17H2,1-2H3. The first-order chi connectivity index (χ1) is 8.56. The largest absolute Gasteiger partial charge is 0.398 e. The molecule has 0 atom stereocenters. The van der Waals surface area contributed by atoms with Crippen LogP contribution in [0.1, 0.15) is 11.1 Å². The van der Waals surface area contributed by atoms with Gasteiger partial charge in [-0.05, 0) is 42.8 Å². The van der Waals surface area contributed by atoms with Gasteiger partial charge >= 0.3 is 0 Å². The first kappa shape index (κ1) is 12.4. The molecule has 0 heterocycles. The minimum Gasteiger partial charge on any atom is -0.398 e. The molecule has 0 amide bonds. The zero-order valence-corrected chi connectivity index (χ0v) is 10.7. The number of nitrogens with two attached hydrogens (primary N) is 1. The zero-order chi connectivity index (χ0) is 13.1. The number of nitrogens with zero attached hydrogens (tertiary/aromatic N) is 1. The van der Waals surface area contributed by atoms with Crippen LogP contribution in [0.2, 0.25) is 0 Å². The Morgan fingerprint density at radius 1 is 1.11 bits per heavy atom. The van der Waals surface area contributed by atoms with E-state index in [2.05, 4.69) is 6.07 Å². The molecule has 2 rings (SSSR count). The molecule has 2 nitrogen and oxygen atoms in total. The smallest absolute Gasteiger partial charge is 0.123 e. The molecule has 0 bridgehead atoms. The van der Waals surface area contributed by atoms with Crippen molar-refractivity contribution in [2.45, 2.75) is 13.5 Å². The lowest BCUT2D eigenvalue weighted by Crippen LogP contribution is -2.17. The molecule has 94 valence electrons. The van der Waals surface area contributed by atoms with Crippen LogP contribution in [-0.2, 0) is 6.54 Å². The van der Waals surface area contributed by atoms with Gasteiger partial charge in [-0.1, -0.05) is 17.7 Å². The molecule has 2 aromatic rings. The summed E-state index contributed by atoms with van der Waals surface area (Å²) in [4.78, 5) is 2.05. The van der Waals surface area contributed by atoms with Crippen LogP contribution in [0.3, 0.4) is 0 Å². The van der Waals surface area contributed by atoms with E-state index < -0.39 is 0 Å². The minimum atomic E-state index is -0.220. The van der Waals surface area contributed by atoms with Crippen molar-refractivity contribution in [2.24, 2.45) is 0 Å². The van der Waals surface area contributed by atoms with Crippen LogP contribution in [0.5, 0.6) is 0 Å². The van der Waals surface area contributed by atoms with E-state index in [1.54, 1.807) is 12.1 Å². The molecule has 0 aliphatic rings. The highest BCUT2D eigenvalue weighted by Crippen LogP contribution is 2.20. The number of anilines is 2. The van der Waals surface area contributed by atoms with Crippen LogP contribution in [0.15, 0.2) is 42.5 Å². The van der Waals surface area contributed by atoms with Gasteiger partial charge in [-0.3, -0.25) is 0 Å². The summed E-state index contributed by atoms with van der Waals surface area (Å²) in [7, 11) is 1.97. The van der Waals surface area contributed by atoms with Crippen molar-refractivity contribution in [2.75, 3.05) is 17.7 Å². The quantitative estimate of drug-likeness (QED) is 0.839. The van der Waals surface area contributed by atoms with Crippen molar-refractivity contribution in [3.05, 3.63) is 59.4 Å². The van der Waals surface area contributed by atoms with E-state index in [0.29, 0.717) is 6.54 Å². The van der Waals surface area contributed by atoms with Crippen LogP contribution >= 0.6 is 0 Å². The monoisotopic (exact) mass is 244 g/mol. The highest BCUT2D eigenvalue weighted by molar-refractivity contribution is 5.52. The third kappa shape index (κ3) is 2.80. The van der Waals surface area contributed by atoms with Crippen molar-refractivity contribution in [3.63, 3.8) is 0 Å². The molecule has 0 aliphatic heterocycles. The van der Waals surface area contributed by atoms with Gasteiger partial charge in [0, 0.05) is 25.0 Å². The molecular weight excluding hydrogens is 227 g/mol. The number of nitrogen functional groups attached to an aromatic ring is 1. The van der Waals surface area contributed by atoms with E-state index >= 15 is 0 Å². The number of rotatable bonds is 3. The van der Waals surface area contributed by atoms with E-state index in [1.807, 2.05) is 31.0 Å². The van der Waals surface area contributed by atoms with Gasteiger partial charge in [0.15, 0.2) is 0 Å². The predicted octanol–water partition coefficient (Wildman–Crippen LogP) is 3.35. The van der Waals surface area contributed by atoms with Crippen molar-refractivity contribution in [1.82, 2.24) is 0 Å². The summed E-state index contributed by atoms with van der Waals surface area (Å²) in [6.07, 6.45) is 0. The lowest BCUT2D eigenvalue weighted by molar-refractivity contribution is 0.627. The SMILES string of the molecule is Cc1ccc(N)c(CN(C)c2ccc(F)cc2)c1. The molecule has 0 saturated heterocycles. The highest BCUT2D eigenvalue weighted by atomic mass is 19.1. The van der Waals surface area contributed by atoms with E-state index in [0.717, 1.165) is 16.9 Å². The lowest BCUT2D eigenvalue weighted by Gasteiger charge is -2.20. The summed E-state index contributed by atoms with van der Waals surface area (Å²) in [5.74, 6) is -0.220. The Morgan fingerprint density at radius 2 is 1.78 bits per heavy atom. The van der Waals surface area contributed by atoms with Crippen molar-refractivity contribution in [1.29, 1.82) is 0 Å². The molecule has 3 heteroatoms. The van der Waals surface area contributed by atoms with E-state index in [4.69, 9.17) is 5.73 Å². The van der Waals surface area contributed by atoms with Crippen molar-refractivity contribution in [3.8, 4) is 0 Å². The Morgan fingerprint density at radius 3 is 2.44 bits per heavy atom. The maximum atomic E-state index is 12.9. The van der Waals surface area contributed by atoms with Gasteiger partial charge < -0.3 is 10.6 Å². The van der Waals surface area contributed by atoms with Gasteiger partial charge in [0.2, 0.25) is 0 Å². The fourth-order valence-corrected chi connectivity index (χ4v) is 1.91. The molecule has 2 N–H and O–H groups in total. The predicted molar refractivity (Wildman–Crippen MR) is 74.1 cm³/mol. The molecule has 0 fully saturated rings. The molecule has 0 aromatic heterocycles. The maximum Gasteiger partial charge on any atom is 0.123 e. The number of hydrogen-bond donors (Lipinski definition) is 1. The number of aryl methyl sites for hydroxylation is 1. The minimum absolute atomic E-state index is 0.220. The number of benzene rings is 2. The maximum absolute atomic E-state index is 12.9. The second-order valence-corrected chi connectivity index (χ2v) is 4.53. The Hall–Kier alpha value is -2.03. The third-order valence-electron chi connectivity index (χ3n) is 2.97. The van der Waals surface area contributed by atoms with Gasteiger partial charge in [0.05, 0.1) is 0 Å². The molecule has 0 aliphatic carbocycles. The Kier molecular flexibility index (Phi) is 3.51. The summed E-state index contributed by atoms with van der Waals surface area (Å²) >= 11 is 0. The normalized spacial score (nSPS) is 10.4. The van der Waals surface area contributed by atoms with Crippen LogP contribution in [0.4, 0.5) is 15.8 Å². The average Bonchev–Trinajstić information content (AvgIpc) is 2.34. The first-order valence-electron chi connectivity index (χ1n) is 5.88. The zero-order valence-electron chi connectivity index (χ0n) is 10.7. The Labute approximate surface area is 107 Å². The van der Waals surface area contributed by atoms with Crippen LogP contribution in [0.25, 0.3) is 0 Å². The first-order valence-corrected chi connectivity index (χ1v) is 5.88. The summed E-state index contributed by atoms with van der Waals surface area (Å²) in [6, 6.07) is 12.5. The summed E-state index contributed by atoms with van der Waals surface area (Å²) in [5, 5.41) is 0. The van der Waals surface area contributed by atoms with E-state index in [-0.39, 0.29) is 5.82 Å². The summed E-state index contributed by atoms with van der Waals surface area (Å²) < 4.78 is 12.9. The van der Waals surface area contributed by atoms with E-state index in [9.17, 15) is 4.39 Å². The van der Waals surface area contributed by atoms with Crippen molar-refractivity contribution >= 4 is 11.4 Å². The average molecular weight is 244 g/mol. The third-order valence-corrected chi connectivity index (χ3v) is 2.97. The second kappa shape index (κ2) is 5.08. The van der Waals surface area contributed by atoms with Crippen LogP contribution < -0.4 is 10.6 Å². The number of halogens is 1. The van der Waals surface area contributed by atoms with Gasteiger partial charge in [0.1, 0.15) is 5.82 Å². The number of hydrogen-bond acceptors (Lipinski definition) is 2. The van der Waals surface area contributed by atoms with E-state index in [1.165, 1.54) is 17.7 Å². The Bertz CT molecular complexity index is 535.